The lowest BCUT2D eigenvalue weighted by molar-refractivity contribution is -0.309. The molecule has 0 amide bonds. The Morgan fingerprint density at radius 3 is 2.42 bits per heavy atom. The minimum atomic E-state index is -1.34. The lowest BCUT2D eigenvalue weighted by atomic mass is 9.70. The molecule has 0 N–H and O–H groups in total. The Morgan fingerprint density at radius 2 is 1.73 bits per heavy atom. The van der Waals surface area contributed by atoms with E-state index in [-0.39, 0.29) is 43.7 Å². The molecule has 2 aromatic rings. The third-order valence-electron chi connectivity index (χ3n) is 13.6. The van der Waals surface area contributed by atoms with E-state index in [4.69, 9.17) is 38.0 Å². The van der Waals surface area contributed by atoms with Gasteiger partial charge in [-0.3, -0.25) is 19.4 Å². The number of fused-ring (bicyclic) bond motifs is 6. The lowest BCUT2D eigenvalue weighted by Crippen LogP contribution is -2.62. The van der Waals surface area contributed by atoms with E-state index in [1.165, 1.54) is 6.92 Å². The van der Waals surface area contributed by atoms with Gasteiger partial charge in [0.1, 0.15) is 18.4 Å². The Labute approximate surface area is 348 Å². The van der Waals surface area contributed by atoms with Gasteiger partial charge in [-0.25, -0.2) is 0 Å². The van der Waals surface area contributed by atoms with Crippen molar-refractivity contribution in [1.82, 2.24) is 9.88 Å². The largest absolute Gasteiger partial charge is 0.459 e. The number of carbonyl (C=O) groups is 3. The normalized spacial score (nSPS) is 40.4. The maximum absolute atomic E-state index is 14.5. The molecule has 4 saturated heterocycles. The first-order valence-electron chi connectivity index (χ1n) is 21.2. The lowest BCUT2D eigenvalue weighted by Gasteiger charge is -2.51. The van der Waals surface area contributed by atoms with Crippen LogP contribution in [0.1, 0.15) is 94.1 Å². The third-order valence-corrected chi connectivity index (χ3v) is 13.6. The summed E-state index contributed by atoms with van der Waals surface area (Å²) in [5.74, 6) is -3.31. The van der Waals surface area contributed by atoms with Crippen molar-refractivity contribution in [3.05, 3.63) is 42.1 Å². The van der Waals surface area contributed by atoms with E-state index in [1.54, 1.807) is 20.0 Å². The summed E-state index contributed by atoms with van der Waals surface area (Å²) in [5.41, 5.74) is -1.54. The van der Waals surface area contributed by atoms with E-state index < -0.39 is 77.2 Å². The highest BCUT2D eigenvalue weighted by molar-refractivity contribution is 5.92. The number of nitrogens with zero attached hydrogens (tertiary/aromatic N) is 3. The first kappa shape index (κ1) is 45.0. The van der Waals surface area contributed by atoms with E-state index in [1.807, 2.05) is 97.8 Å². The molecular weight excluding hydrogens is 759 g/mol. The summed E-state index contributed by atoms with van der Waals surface area (Å²) in [5, 5.41) is 5.55. The first-order chi connectivity index (χ1) is 27.8. The van der Waals surface area contributed by atoms with Gasteiger partial charge in [0, 0.05) is 35.9 Å². The Bertz CT molecular complexity index is 1870. The zero-order valence-electron chi connectivity index (χ0n) is 36.9. The number of esters is 2. The van der Waals surface area contributed by atoms with Gasteiger partial charge in [0.25, 0.3) is 0 Å². The molecule has 326 valence electrons. The third kappa shape index (κ3) is 8.95. The van der Waals surface area contributed by atoms with Crippen LogP contribution in [0.2, 0.25) is 0 Å². The Kier molecular flexibility index (Phi) is 13.6. The number of hydrogen-bond acceptors (Lipinski definition) is 14. The van der Waals surface area contributed by atoms with Gasteiger partial charge in [-0.05, 0) is 86.0 Å². The van der Waals surface area contributed by atoms with E-state index in [2.05, 4.69) is 10.1 Å². The van der Waals surface area contributed by atoms with Gasteiger partial charge in [-0.2, -0.15) is 0 Å². The second kappa shape index (κ2) is 17.8. The molecule has 6 rings (SSSR count). The van der Waals surface area contributed by atoms with Crippen molar-refractivity contribution in [1.29, 1.82) is 0 Å². The number of hydrogen-bond donors (Lipinski definition) is 0. The molecule has 14 atom stereocenters. The fourth-order valence-corrected chi connectivity index (χ4v) is 9.86. The van der Waals surface area contributed by atoms with Crippen LogP contribution in [0.3, 0.4) is 0 Å². The van der Waals surface area contributed by atoms with Crippen LogP contribution in [0.15, 0.2) is 41.7 Å². The molecule has 1 aromatic heterocycles. The number of likely N-dealkylation sites (N-methyl/N-ethyl adjacent to an activating group) is 1. The number of oxime groups is 1. The highest BCUT2D eigenvalue weighted by Crippen LogP contribution is 2.47. The van der Waals surface area contributed by atoms with Gasteiger partial charge in [-0.15, -0.1) is 0 Å². The van der Waals surface area contributed by atoms with E-state index >= 15 is 0 Å². The minimum Gasteiger partial charge on any atom is -0.459 e. The molecule has 14 nitrogen and oxygen atoms in total. The molecule has 0 aliphatic carbocycles. The van der Waals surface area contributed by atoms with Gasteiger partial charge in [0.05, 0.1) is 60.2 Å². The number of ketones is 1. The SMILES string of the molecule is CC[C@H]1OC(=O)[C@H](C)[C@@]2(C)OC/C(=N\OCc3ccnc4ccccc34)CO[C@](C)(C[C@@H](C)C3OC1(C)C(=O)C3C)[C@H](O[C@@H]1O[C@H](C)C[C@H](N(C)C)[C@H]1OC(C)=O)[C@@H]2C. The van der Waals surface area contributed by atoms with Crippen LogP contribution in [-0.4, -0.2) is 120 Å². The fraction of sp³-hybridized carbons (Fsp3) is 0.711. The number of rotatable bonds is 8. The van der Waals surface area contributed by atoms with Crippen LogP contribution < -0.4 is 0 Å². The van der Waals surface area contributed by atoms with Crippen LogP contribution in [0.25, 0.3) is 10.9 Å². The summed E-state index contributed by atoms with van der Waals surface area (Å²) < 4.78 is 46.7. The second-order valence-electron chi connectivity index (χ2n) is 18.1. The molecule has 4 aliphatic rings. The van der Waals surface area contributed by atoms with E-state index in [9.17, 15) is 14.4 Å². The van der Waals surface area contributed by atoms with Crippen molar-refractivity contribution in [2.24, 2.45) is 28.8 Å². The Balaban J connectivity index is 1.46. The summed E-state index contributed by atoms with van der Waals surface area (Å²) in [6.45, 7) is 18.7. The zero-order valence-corrected chi connectivity index (χ0v) is 36.9. The number of para-hydroxylation sites is 1. The molecule has 59 heavy (non-hydrogen) atoms. The van der Waals surface area contributed by atoms with Gasteiger partial charge >= 0.3 is 11.9 Å². The van der Waals surface area contributed by atoms with Crippen LogP contribution >= 0.6 is 0 Å². The van der Waals surface area contributed by atoms with Gasteiger partial charge in [-0.1, -0.05) is 51.0 Å². The van der Waals surface area contributed by atoms with E-state index in [0.717, 1.165) is 16.5 Å². The second-order valence-corrected chi connectivity index (χ2v) is 18.1. The predicted octanol–water partition coefficient (Wildman–Crippen LogP) is 6.05. The van der Waals surface area contributed by atoms with Gasteiger partial charge in [0.15, 0.2) is 23.8 Å². The number of ether oxygens (including phenoxy) is 7. The number of cyclic esters (lactones) is 1. The number of Topliss-reactive ketones (excluding diaryl/α,β-unsaturated/α-hetero) is 1. The van der Waals surface area contributed by atoms with Crippen molar-refractivity contribution in [2.75, 3.05) is 27.3 Å². The number of pyridine rings is 1. The highest BCUT2D eigenvalue weighted by Gasteiger charge is 2.60. The van der Waals surface area contributed by atoms with Crippen molar-refractivity contribution in [3.8, 4) is 0 Å². The number of aromatic nitrogens is 1. The van der Waals surface area contributed by atoms with Crippen LogP contribution in [0.5, 0.6) is 0 Å². The van der Waals surface area contributed by atoms with Crippen LogP contribution in [0.4, 0.5) is 0 Å². The van der Waals surface area contributed by atoms with Crippen molar-refractivity contribution in [3.63, 3.8) is 0 Å². The predicted molar refractivity (Wildman–Crippen MR) is 219 cm³/mol. The summed E-state index contributed by atoms with van der Waals surface area (Å²) in [4.78, 5) is 53.8. The summed E-state index contributed by atoms with van der Waals surface area (Å²) in [6, 6.07) is 9.52. The van der Waals surface area contributed by atoms with Gasteiger partial charge in [0.2, 0.25) is 0 Å². The zero-order chi connectivity index (χ0) is 43.0. The molecule has 3 unspecified atom stereocenters. The average molecular weight is 824 g/mol. The molecule has 0 saturated carbocycles. The minimum absolute atomic E-state index is 0.00689. The van der Waals surface area contributed by atoms with Crippen molar-refractivity contribution >= 4 is 34.3 Å². The monoisotopic (exact) mass is 823 g/mol. The maximum Gasteiger partial charge on any atom is 0.311 e. The Morgan fingerprint density at radius 1 is 1.02 bits per heavy atom. The average Bonchev–Trinajstić information content (AvgIpc) is 3.44. The molecule has 5 heterocycles. The van der Waals surface area contributed by atoms with Crippen LogP contribution in [-0.2, 0) is 59.0 Å². The van der Waals surface area contributed by atoms with E-state index in [0.29, 0.717) is 25.0 Å². The van der Waals surface area contributed by atoms with Crippen LogP contribution in [0, 0.1) is 23.7 Å². The molecule has 0 radical (unpaired) electrons. The summed E-state index contributed by atoms with van der Waals surface area (Å²) >= 11 is 0. The maximum atomic E-state index is 14.5. The first-order valence-corrected chi connectivity index (χ1v) is 21.2. The molecule has 4 bridgehead atoms. The molecule has 4 aliphatic heterocycles. The smallest absolute Gasteiger partial charge is 0.311 e. The molecule has 1 aromatic carbocycles. The van der Waals surface area contributed by atoms with Gasteiger partial charge < -0.3 is 42.9 Å². The number of benzene rings is 1. The molecule has 4 fully saturated rings. The quantitative estimate of drug-likeness (QED) is 0.225. The molecule has 0 spiro atoms. The van der Waals surface area contributed by atoms with Crippen molar-refractivity contribution < 1.29 is 52.4 Å². The summed E-state index contributed by atoms with van der Waals surface area (Å²) in [6.07, 6.45) is -1.13. The standard InChI is InChI=1S/C45H65N3O11/c1-13-36-45(10)39(50)27(4)37(59-45)25(2)21-43(8)40(58-42-38(56-30(7)49)35(48(11)12)20-26(3)55-42)28(5)44(9,29(6)41(51)57-36)53-24-32(23-52-43)47-54-22-31-18-19-46-34-17-15-14-16-33(31)34/h14-19,25-29,35-38,40,42H,13,20-24H2,1-12H3/b47-32-/t25-,26-,27?,28+,29+,35+,36-,37?,38-,40-,42+,43-,44+,45?/m1/s1. The number of carbonyl (C=O) groups excluding carboxylic acids is 3. The molecule has 14 heteroatoms. The topological polar surface area (TPSA) is 154 Å². The highest BCUT2D eigenvalue weighted by atomic mass is 16.7. The molecular formula is C45H65N3O11. The fourth-order valence-electron chi connectivity index (χ4n) is 9.86. The summed E-state index contributed by atoms with van der Waals surface area (Å²) in [7, 11) is 3.88. The van der Waals surface area contributed by atoms with Crippen molar-refractivity contribution in [2.45, 2.75) is 155 Å². The Hall–Kier alpha value is -3.53.